The van der Waals surface area contributed by atoms with Crippen molar-refractivity contribution >= 4 is 29.0 Å². The normalized spacial score (nSPS) is 13.8. The fraction of sp³-hybridized carbons (Fsp3) is 0.235. The third-order valence-corrected chi connectivity index (χ3v) is 5.65. The molecule has 0 atom stereocenters. The summed E-state index contributed by atoms with van der Waals surface area (Å²) in [5.74, 6) is 1.71. The highest BCUT2D eigenvalue weighted by Crippen LogP contribution is 2.30. The number of thiophene rings is 1. The van der Waals surface area contributed by atoms with Crippen molar-refractivity contribution in [2.75, 3.05) is 17.3 Å². The van der Waals surface area contributed by atoms with Crippen LogP contribution in [0.25, 0.3) is 10.7 Å². The standard InChI is InChI=1S/C17H16N4OS2/c22-15(9-8-13-5-2-1-3-6-13)20-10-12-24-17-19-18-16(21(17)20)14-7-4-11-23-14/h1-7,11H,8-10,12H2. The molecule has 0 aliphatic carbocycles. The molecule has 0 fully saturated rings. The summed E-state index contributed by atoms with van der Waals surface area (Å²) in [7, 11) is 0. The lowest BCUT2D eigenvalue weighted by Crippen LogP contribution is -2.45. The van der Waals surface area contributed by atoms with E-state index in [-0.39, 0.29) is 5.91 Å². The average Bonchev–Trinajstić information content (AvgIpc) is 3.29. The molecular formula is C17H16N4OS2. The summed E-state index contributed by atoms with van der Waals surface area (Å²) in [5, 5.41) is 13.1. The number of fused-ring (bicyclic) bond motifs is 1. The van der Waals surface area contributed by atoms with E-state index in [1.807, 2.05) is 40.4 Å². The Kier molecular flexibility index (Phi) is 4.36. The van der Waals surface area contributed by atoms with Gasteiger partial charge in [0.25, 0.3) is 0 Å². The van der Waals surface area contributed by atoms with Gasteiger partial charge in [-0.3, -0.25) is 4.79 Å². The fourth-order valence-electron chi connectivity index (χ4n) is 2.72. The van der Waals surface area contributed by atoms with Gasteiger partial charge in [-0.1, -0.05) is 48.2 Å². The molecule has 4 rings (SSSR count). The second kappa shape index (κ2) is 6.78. The molecule has 2 aromatic heterocycles. The van der Waals surface area contributed by atoms with Gasteiger partial charge in [0.15, 0.2) is 5.82 Å². The van der Waals surface area contributed by atoms with Crippen LogP contribution >= 0.6 is 23.1 Å². The number of hydrogen-bond donors (Lipinski definition) is 0. The van der Waals surface area contributed by atoms with Crippen LogP contribution in [0, 0.1) is 0 Å². The molecule has 122 valence electrons. The maximum Gasteiger partial charge on any atom is 0.241 e. The molecule has 0 radical (unpaired) electrons. The summed E-state index contributed by atoms with van der Waals surface area (Å²) in [4.78, 5) is 13.8. The van der Waals surface area contributed by atoms with Crippen molar-refractivity contribution in [3.8, 4) is 10.7 Å². The molecule has 3 aromatic rings. The van der Waals surface area contributed by atoms with Gasteiger partial charge in [0.05, 0.1) is 11.4 Å². The Hall–Kier alpha value is -2.12. The SMILES string of the molecule is O=C(CCc1ccccc1)N1CCSc2nnc(-c3cccs3)n21. The van der Waals surface area contributed by atoms with E-state index in [2.05, 4.69) is 22.3 Å². The number of hydrogen-bond acceptors (Lipinski definition) is 5. The molecule has 1 aliphatic heterocycles. The fourth-order valence-corrected chi connectivity index (χ4v) is 4.26. The molecule has 0 saturated carbocycles. The number of thioether (sulfide) groups is 1. The summed E-state index contributed by atoms with van der Waals surface area (Å²) in [6, 6.07) is 14.1. The first kappa shape index (κ1) is 15.4. The topological polar surface area (TPSA) is 51.0 Å². The minimum absolute atomic E-state index is 0.109. The first-order chi connectivity index (χ1) is 11.8. The Morgan fingerprint density at radius 1 is 1.12 bits per heavy atom. The van der Waals surface area contributed by atoms with Gasteiger partial charge < -0.3 is 0 Å². The third kappa shape index (κ3) is 2.97. The van der Waals surface area contributed by atoms with E-state index in [4.69, 9.17) is 0 Å². The van der Waals surface area contributed by atoms with Gasteiger partial charge >= 0.3 is 0 Å². The van der Waals surface area contributed by atoms with Crippen LogP contribution < -0.4 is 5.01 Å². The molecule has 1 aromatic carbocycles. The molecule has 0 unspecified atom stereocenters. The van der Waals surface area contributed by atoms with Gasteiger partial charge in [0, 0.05) is 12.2 Å². The van der Waals surface area contributed by atoms with E-state index in [1.54, 1.807) is 28.1 Å². The van der Waals surface area contributed by atoms with Crippen LogP contribution in [0.15, 0.2) is 53.0 Å². The number of aryl methyl sites for hydroxylation is 1. The van der Waals surface area contributed by atoms with E-state index in [0.717, 1.165) is 28.0 Å². The van der Waals surface area contributed by atoms with Crippen molar-refractivity contribution in [3.63, 3.8) is 0 Å². The summed E-state index contributed by atoms with van der Waals surface area (Å²) in [6.45, 7) is 0.682. The molecule has 24 heavy (non-hydrogen) atoms. The summed E-state index contributed by atoms with van der Waals surface area (Å²) >= 11 is 3.25. The third-order valence-electron chi connectivity index (χ3n) is 3.89. The van der Waals surface area contributed by atoms with Gasteiger partial charge in [-0.25, -0.2) is 9.69 Å². The highest BCUT2D eigenvalue weighted by Gasteiger charge is 2.28. The van der Waals surface area contributed by atoms with Crippen LogP contribution in [0.2, 0.25) is 0 Å². The molecule has 0 bridgehead atoms. The number of aromatic nitrogens is 3. The highest BCUT2D eigenvalue weighted by molar-refractivity contribution is 7.99. The monoisotopic (exact) mass is 356 g/mol. The first-order valence-corrected chi connectivity index (χ1v) is 9.66. The number of carbonyl (C=O) groups is 1. The second-order valence-corrected chi connectivity index (χ2v) is 7.46. The number of benzene rings is 1. The highest BCUT2D eigenvalue weighted by atomic mass is 32.2. The van der Waals surface area contributed by atoms with E-state index in [0.29, 0.717) is 13.0 Å². The van der Waals surface area contributed by atoms with Crippen molar-refractivity contribution in [2.24, 2.45) is 0 Å². The van der Waals surface area contributed by atoms with Gasteiger partial charge in [0.1, 0.15) is 0 Å². The zero-order chi connectivity index (χ0) is 16.4. The average molecular weight is 356 g/mol. The molecular weight excluding hydrogens is 340 g/mol. The largest absolute Gasteiger partial charge is 0.273 e. The molecule has 7 heteroatoms. The van der Waals surface area contributed by atoms with Gasteiger partial charge in [0.2, 0.25) is 11.1 Å². The predicted octanol–water partition coefficient (Wildman–Crippen LogP) is 3.21. The second-order valence-electron chi connectivity index (χ2n) is 5.45. The summed E-state index contributed by atoms with van der Waals surface area (Å²) < 4.78 is 1.88. The number of amides is 1. The van der Waals surface area contributed by atoms with Gasteiger partial charge in [-0.2, -0.15) is 0 Å². The lowest BCUT2D eigenvalue weighted by Gasteiger charge is -2.29. The van der Waals surface area contributed by atoms with Crippen LogP contribution in [-0.2, 0) is 11.2 Å². The Bertz CT molecular complexity index is 830. The summed E-state index contributed by atoms with van der Waals surface area (Å²) in [6.07, 6.45) is 1.23. The maximum atomic E-state index is 12.8. The smallest absolute Gasteiger partial charge is 0.241 e. The van der Waals surface area contributed by atoms with E-state index in [9.17, 15) is 4.79 Å². The molecule has 0 saturated heterocycles. The molecule has 5 nitrogen and oxygen atoms in total. The zero-order valence-corrected chi connectivity index (χ0v) is 14.6. The summed E-state index contributed by atoms with van der Waals surface area (Å²) in [5.41, 5.74) is 1.18. The Morgan fingerprint density at radius 2 is 2.00 bits per heavy atom. The molecule has 0 spiro atoms. The van der Waals surface area contributed by atoms with Crippen molar-refractivity contribution in [3.05, 3.63) is 53.4 Å². The van der Waals surface area contributed by atoms with Crippen LogP contribution in [0.3, 0.4) is 0 Å². The van der Waals surface area contributed by atoms with Crippen molar-refractivity contribution in [1.29, 1.82) is 0 Å². The predicted molar refractivity (Wildman–Crippen MR) is 96.9 cm³/mol. The van der Waals surface area contributed by atoms with Crippen LogP contribution in [0.4, 0.5) is 0 Å². The molecule has 0 N–H and O–H groups in total. The quantitative estimate of drug-likeness (QED) is 0.720. The van der Waals surface area contributed by atoms with Crippen LogP contribution in [-0.4, -0.2) is 33.1 Å². The first-order valence-electron chi connectivity index (χ1n) is 7.79. The van der Waals surface area contributed by atoms with Crippen LogP contribution in [0.1, 0.15) is 12.0 Å². The minimum Gasteiger partial charge on any atom is -0.273 e. The number of carbonyl (C=O) groups excluding carboxylic acids is 1. The van der Waals surface area contributed by atoms with E-state index in [1.165, 1.54) is 5.56 Å². The molecule has 1 aliphatic rings. The Labute approximate surface area is 148 Å². The minimum atomic E-state index is 0.109. The van der Waals surface area contributed by atoms with Gasteiger partial charge in [-0.15, -0.1) is 21.5 Å². The van der Waals surface area contributed by atoms with Gasteiger partial charge in [-0.05, 0) is 23.4 Å². The number of rotatable bonds is 4. The van der Waals surface area contributed by atoms with Crippen LogP contribution in [0.5, 0.6) is 0 Å². The Balaban J connectivity index is 1.57. The van der Waals surface area contributed by atoms with Crippen molar-refractivity contribution in [2.45, 2.75) is 18.0 Å². The van der Waals surface area contributed by atoms with E-state index >= 15 is 0 Å². The lowest BCUT2D eigenvalue weighted by atomic mass is 10.1. The maximum absolute atomic E-state index is 12.8. The molecule has 1 amide bonds. The van der Waals surface area contributed by atoms with Crippen molar-refractivity contribution in [1.82, 2.24) is 14.9 Å². The van der Waals surface area contributed by atoms with Crippen molar-refractivity contribution < 1.29 is 4.79 Å². The lowest BCUT2D eigenvalue weighted by molar-refractivity contribution is -0.120. The Morgan fingerprint density at radius 3 is 2.79 bits per heavy atom. The molecule has 3 heterocycles. The van der Waals surface area contributed by atoms with E-state index < -0.39 is 0 Å². The zero-order valence-electron chi connectivity index (χ0n) is 13.0. The number of nitrogens with zero attached hydrogens (tertiary/aromatic N) is 4.